The van der Waals surface area contributed by atoms with Crippen LogP contribution in [0.25, 0.3) is 0 Å². The van der Waals surface area contributed by atoms with Crippen molar-refractivity contribution in [2.45, 2.75) is 38.5 Å². The summed E-state index contributed by atoms with van der Waals surface area (Å²) in [6, 6.07) is 5.66. The van der Waals surface area contributed by atoms with Gasteiger partial charge in [-0.05, 0) is 43.5 Å². The van der Waals surface area contributed by atoms with E-state index in [9.17, 15) is 9.59 Å². The molecular weight excluding hydrogens is 272 g/mol. The van der Waals surface area contributed by atoms with Gasteiger partial charge < -0.3 is 5.32 Å². The normalized spacial score (nSPS) is 10.2. The van der Waals surface area contributed by atoms with Gasteiger partial charge in [0.1, 0.15) is 0 Å². The second kappa shape index (κ2) is 8.64. The van der Waals surface area contributed by atoms with Gasteiger partial charge in [0.25, 0.3) is 0 Å². The molecule has 1 aromatic rings. The highest BCUT2D eigenvalue weighted by molar-refractivity contribution is 8.00. The average molecular weight is 294 g/mol. The van der Waals surface area contributed by atoms with E-state index in [4.69, 9.17) is 0 Å². The number of amides is 3. The molecule has 2 N–H and O–H groups in total. The molecule has 0 aliphatic carbocycles. The molecule has 1 aromatic carbocycles. The third-order valence-corrected chi connectivity index (χ3v) is 3.91. The molecule has 0 heterocycles. The van der Waals surface area contributed by atoms with Crippen molar-refractivity contribution >= 4 is 23.7 Å². The summed E-state index contributed by atoms with van der Waals surface area (Å²) in [6.07, 6.45) is 1.93. The topological polar surface area (TPSA) is 58.2 Å². The van der Waals surface area contributed by atoms with Crippen molar-refractivity contribution in [2.24, 2.45) is 0 Å². The fraction of sp³-hybridized carbons (Fsp3) is 0.467. The van der Waals surface area contributed by atoms with E-state index in [1.165, 1.54) is 22.9 Å². The summed E-state index contributed by atoms with van der Waals surface area (Å²) in [4.78, 5) is 24.0. The van der Waals surface area contributed by atoms with Crippen LogP contribution in [-0.4, -0.2) is 24.2 Å². The minimum Gasteiger partial charge on any atom is -0.338 e. The lowest BCUT2D eigenvalue weighted by molar-refractivity contribution is -0.117. The zero-order valence-corrected chi connectivity index (χ0v) is 13.1. The Labute approximate surface area is 124 Å². The van der Waals surface area contributed by atoms with Gasteiger partial charge in [-0.15, -0.1) is 11.8 Å². The largest absolute Gasteiger partial charge is 0.338 e. The molecule has 0 fully saturated rings. The first-order valence-corrected chi connectivity index (χ1v) is 7.79. The van der Waals surface area contributed by atoms with Crippen molar-refractivity contribution in [3.05, 3.63) is 29.3 Å². The Bertz CT molecular complexity index is 475. The summed E-state index contributed by atoms with van der Waals surface area (Å²) in [5, 5.41) is 4.97. The predicted octanol–water partition coefficient (Wildman–Crippen LogP) is 3.02. The number of imide groups is 1. The lowest BCUT2D eigenvalue weighted by Gasteiger charge is -2.07. The Balaban J connectivity index is 2.32. The van der Waals surface area contributed by atoms with Crippen molar-refractivity contribution < 1.29 is 9.59 Å². The third kappa shape index (κ3) is 6.10. The van der Waals surface area contributed by atoms with Crippen molar-refractivity contribution in [1.82, 2.24) is 10.6 Å². The molecule has 0 atom stereocenters. The Morgan fingerprint density at radius 1 is 1.20 bits per heavy atom. The highest BCUT2D eigenvalue weighted by Gasteiger charge is 2.07. The van der Waals surface area contributed by atoms with E-state index in [2.05, 4.69) is 23.6 Å². The zero-order valence-electron chi connectivity index (χ0n) is 12.3. The summed E-state index contributed by atoms with van der Waals surface area (Å²) in [6.45, 7) is 6.74. The number of unbranched alkanes of at least 4 members (excludes halogenated alkanes) is 1. The van der Waals surface area contributed by atoms with Gasteiger partial charge in [0, 0.05) is 11.4 Å². The van der Waals surface area contributed by atoms with Gasteiger partial charge in [0.2, 0.25) is 5.91 Å². The molecule has 4 nitrogen and oxygen atoms in total. The van der Waals surface area contributed by atoms with E-state index in [-0.39, 0.29) is 11.7 Å². The molecular formula is C15H22N2O2S. The number of benzene rings is 1. The summed E-state index contributed by atoms with van der Waals surface area (Å²) < 4.78 is 0. The van der Waals surface area contributed by atoms with Crippen molar-refractivity contribution in [3.63, 3.8) is 0 Å². The molecule has 0 bridgehead atoms. The Hall–Kier alpha value is -1.49. The van der Waals surface area contributed by atoms with E-state index < -0.39 is 6.03 Å². The number of hydrogen-bond acceptors (Lipinski definition) is 3. The molecule has 0 aromatic heterocycles. The van der Waals surface area contributed by atoms with E-state index in [1.807, 2.05) is 26.0 Å². The second-order valence-corrected chi connectivity index (χ2v) is 5.74. The first-order valence-electron chi connectivity index (χ1n) is 6.80. The number of urea groups is 1. The summed E-state index contributed by atoms with van der Waals surface area (Å²) in [5.74, 6) is -0.0359. The Kier molecular flexibility index (Phi) is 7.15. The average Bonchev–Trinajstić information content (AvgIpc) is 2.40. The second-order valence-electron chi connectivity index (χ2n) is 4.69. The monoisotopic (exact) mass is 294 g/mol. The van der Waals surface area contributed by atoms with E-state index >= 15 is 0 Å². The smallest absolute Gasteiger partial charge is 0.321 e. The quantitative estimate of drug-likeness (QED) is 0.626. The molecule has 5 heteroatoms. The minimum absolute atomic E-state index is 0.240. The molecule has 0 spiro atoms. The maximum Gasteiger partial charge on any atom is 0.321 e. The molecule has 0 unspecified atom stereocenters. The molecule has 1 rings (SSSR count). The number of hydrogen-bond donors (Lipinski definition) is 2. The van der Waals surface area contributed by atoms with Crippen LogP contribution in [0.15, 0.2) is 23.1 Å². The number of thioether (sulfide) groups is 1. The predicted molar refractivity (Wildman–Crippen MR) is 83.1 cm³/mol. The highest BCUT2D eigenvalue weighted by atomic mass is 32.2. The van der Waals surface area contributed by atoms with Crippen LogP contribution in [0.4, 0.5) is 4.79 Å². The van der Waals surface area contributed by atoms with Gasteiger partial charge >= 0.3 is 6.03 Å². The SMILES string of the molecule is CCCCNC(=O)NC(=O)CSc1ccc(C)c(C)c1. The summed E-state index contributed by atoms with van der Waals surface area (Å²) >= 11 is 1.43. The first-order chi connectivity index (χ1) is 9.52. The fourth-order valence-corrected chi connectivity index (χ4v) is 2.33. The van der Waals surface area contributed by atoms with Crippen molar-refractivity contribution in [1.29, 1.82) is 0 Å². The van der Waals surface area contributed by atoms with Crippen LogP contribution < -0.4 is 10.6 Å². The van der Waals surface area contributed by atoms with Crippen LogP contribution in [0.5, 0.6) is 0 Å². The van der Waals surface area contributed by atoms with Crippen LogP contribution >= 0.6 is 11.8 Å². The Morgan fingerprint density at radius 2 is 1.95 bits per heavy atom. The fourth-order valence-electron chi connectivity index (χ4n) is 1.54. The van der Waals surface area contributed by atoms with E-state index in [0.717, 1.165) is 17.7 Å². The Morgan fingerprint density at radius 3 is 2.60 bits per heavy atom. The molecule has 0 aliphatic heterocycles. The van der Waals surface area contributed by atoms with Gasteiger partial charge in [-0.3, -0.25) is 10.1 Å². The zero-order chi connectivity index (χ0) is 15.0. The van der Waals surface area contributed by atoms with E-state index in [1.54, 1.807) is 0 Å². The molecule has 0 aliphatic rings. The van der Waals surface area contributed by atoms with Gasteiger partial charge in [0.15, 0.2) is 0 Å². The molecule has 110 valence electrons. The van der Waals surface area contributed by atoms with Crippen LogP contribution in [-0.2, 0) is 4.79 Å². The minimum atomic E-state index is -0.413. The van der Waals surface area contributed by atoms with Crippen molar-refractivity contribution in [3.8, 4) is 0 Å². The number of nitrogens with one attached hydrogen (secondary N) is 2. The molecule has 20 heavy (non-hydrogen) atoms. The number of aryl methyl sites for hydroxylation is 2. The molecule has 0 saturated carbocycles. The lowest BCUT2D eigenvalue weighted by atomic mass is 10.1. The van der Waals surface area contributed by atoms with Crippen LogP contribution in [0.3, 0.4) is 0 Å². The van der Waals surface area contributed by atoms with Crippen LogP contribution in [0.2, 0.25) is 0 Å². The molecule has 0 saturated heterocycles. The molecule has 0 radical (unpaired) electrons. The number of carbonyl (C=O) groups is 2. The van der Waals surface area contributed by atoms with Crippen LogP contribution in [0.1, 0.15) is 30.9 Å². The van der Waals surface area contributed by atoms with Crippen molar-refractivity contribution in [2.75, 3.05) is 12.3 Å². The standard InChI is InChI=1S/C15H22N2O2S/c1-4-5-8-16-15(19)17-14(18)10-20-13-7-6-11(2)12(3)9-13/h6-7,9H,4-5,8,10H2,1-3H3,(H2,16,17,18,19). The summed E-state index contributed by atoms with van der Waals surface area (Å²) in [5.41, 5.74) is 2.43. The van der Waals surface area contributed by atoms with Gasteiger partial charge in [-0.1, -0.05) is 19.4 Å². The van der Waals surface area contributed by atoms with Gasteiger partial charge in [-0.25, -0.2) is 4.79 Å². The maximum atomic E-state index is 11.6. The number of rotatable bonds is 6. The maximum absolute atomic E-state index is 11.6. The first kappa shape index (κ1) is 16.6. The third-order valence-electron chi connectivity index (χ3n) is 2.92. The lowest BCUT2D eigenvalue weighted by Crippen LogP contribution is -2.40. The summed E-state index contributed by atoms with van der Waals surface area (Å²) in [7, 11) is 0. The number of carbonyl (C=O) groups excluding carboxylic acids is 2. The van der Waals surface area contributed by atoms with Gasteiger partial charge in [-0.2, -0.15) is 0 Å². The molecule has 3 amide bonds. The van der Waals surface area contributed by atoms with Gasteiger partial charge in [0.05, 0.1) is 5.75 Å². The van der Waals surface area contributed by atoms with Crippen LogP contribution in [0, 0.1) is 13.8 Å². The highest BCUT2D eigenvalue weighted by Crippen LogP contribution is 2.20. The van der Waals surface area contributed by atoms with E-state index in [0.29, 0.717) is 6.54 Å².